The number of nitrogens with two attached hydrogens (primary N) is 1. The number of ether oxygens (including phenoxy) is 1. The van der Waals surface area contributed by atoms with Crippen LogP contribution in [0, 0.1) is 5.92 Å². The number of aromatic nitrogens is 2. The molecule has 1 aliphatic heterocycles. The third-order valence-electron chi connectivity index (χ3n) is 3.61. The maximum atomic E-state index is 5.93. The first-order chi connectivity index (χ1) is 9.63. The summed E-state index contributed by atoms with van der Waals surface area (Å²) in [6.07, 6.45) is 3.13. The molecule has 108 valence electrons. The SMILES string of the molecule is CSc1nc(NN)c2c3c(sc2n1)CO[C@H](C(C)C)C3. The molecule has 0 aliphatic carbocycles. The van der Waals surface area contributed by atoms with Gasteiger partial charge in [0.2, 0.25) is 0 Å². The summed E-state index contributed by atoms with van der Waals surface area (Å²) in [7, 11) is 0. The van der Waals surface area contributed by atoms with Gasteiger partial charge in [-0.2, -0.15) is 0 Å². The third-order valence-corrected chi connectivity index (χ3v) is 5.26. The normalized spacial score (nSPS) is 18.6. The lowest BCUT2D eigenvalue weighted by molar-refractivity contribution is 0.00203. The van der Waals surface area contributed by atoms with E-state index in [4.69, 9.17) is 10.6 Å². The standard InChI is InChI=1S/C13H18N4OS2/c1-6(2)8-4-7-9(5-18-8)20-12-10(7)11(17-14)15-13(16-12)19-3/h6,8H,4-5,14H2,1-3H3,(H,15,16,17)/t8-/m0/s1. The van der Waals surface area contributed by atoms with Crippen molar-refractivity contribution in [2.75, 3.05) is 11.7 Å². The van der Waals surface area contributed by atoms with E-state index in [2.05, 4.69) is 29.2 Å². The van der Waals surface area contributed by atoms with Crippen LogP contribution in [0.5, 0.6) is 0 Å². The number of thioether (sulfide) groups is 1. The molecular formula is C13H18N4OS2. The minimum absolute atomic E-state index is 0.256. The summed E-state index contributed by atoms with van der Waals surface area (Å²) in [6.45, 7) is 5.04. The minimum atomic E-state index is 0.256. The van der Waals surface area contributed by atoms with Crippen LogP contribution in [0.2, 0.25) is 0 Å². The Labute approximate surface area is 126 Å². The Balaban J connectivity index is 2.15. The van der Waals surface area contributed by atoms with Gasteiger partial charge >= 0.3 is 0 Å². The van der Waals surface area contributed by atoms with Crippen molar-refractivity contribution < 1.29 is 4.74 Å². The fourth-order valence-corrected chi connectivity index (χ4v) is 4.03. The molecule has 3 heterocycles. The van der Waals surface area contributed by atoms with Crippen molar-refractivity contribution in [3.8, 4) is 0 Å². The second-order valence-electron chi connectivity index (χ2n) is 5.18. The molecule has 3 N–H and O–H groups in total. The molecule has 0 unspecified atom stereocenters. The van der Waals surface area contributed by atoms with E-state index < -0.39 is 0 Å². The van der Waals surface area contributed by atoms with Gasteiger partial charge < -0.3 is 10.2 Å². The van der Waals surface area contributed by atoms with E-state index in [1.165, 1.54) is 22.2 Å². The number of fused-ring (bicyclic) bond motifs is 3. The first kappa shape index (κ1) is 14.1. The Bertz CT molecular complexity index is 641. The molecule has 1 aliphatic rings. The van der Waals surface area contributed by atoms with Gasteiger partial charge in [0.25, 0.3) is 0 Å². The van der Waals surface area contributed by atoms with Crippen molar-refractivity contribution in [2.45, 2.75) is 38.1 Å². The molecule has 2 aromatic heterocycles. The summed E-state index contributed by atoms with van der Waals surface area (Å²) in [5.41, 5.74) is 4.03. The number of anilines is 1. The van der Waals surface area contributed by atoms with Crippen molar-refractivity contribution in [3.63, 3.8) is 0 Å². The number of nitrogens with zero attached hydrogens (tertiary/aromatic N) is 2. The lowest BCUT2D eigenvalue weighted by Crippen LogP contribution is -2.26. The van der Waals surface area contributed by atoms with Crippen LogP contribution in [0.1, 0.15) is 24.3 Å². The average Bonchev–Trinajstić information content (AvgIpc) is 2.83. The molecule has 0 spiro atoms. The van der Waals surface area contributed by atoms with Crippen LogP contribution >= 0.6 is 23.1 Å². The van der Waals surface area contributed by atoms with E-state index in [0.29, 0.717) is 12.5 Å². The van der Waals surface area contributed by atoms with Crippen molar-refractivity contribution in [1.29, 1.82) is 0 Å². The molecule has 5 nitrogen and oxygen atoms in total. The zero-order valence-corrected chi connectivity index (χ0v) is 13.4. The highest BCUT2D eigenvalue weighted by Crippen LogP contribution is 2.39. The molecule has 0 amide bonds. The molecule has 0 aromatic carbocycles. The van der Waals surface area contributed by atoms with E-state index in [9.17, 15) is 0 Å². The largest absolute Gasteiger partial charge is 0.372 e. The molecule has 0 fully saturated rings. The maximum absolute atomic E-state index is 5.93. The highest BCUT2D eigenvalue weighted by Gasteiger charge is 2.27. The highest BCUT2D eigenvalue weighted by atomic mass is 32.2. The summed E-state index contributed by atoms with van der Waals surface area (Å²) in [5, 5.41) is 1.81. The number of rotatable bonds is 3. The summed E-state index contributed by atoms with van der Waals surface area (Å²) in [6, 6.07) is 0. The van der Waals surface area contributed by atoms with Crippen LogP contribution in [0.4, 0.5) is 5.82 Å². The number of hydrogen-bond donors (Lipinski definition) is 2. The molecule has 0 saturated carbocycles. The summed E-state index contributed by atoms with van der Waals surface area (Å²) < 4.78 is 5.93. The quantitative estimate of drug-likeness (QED) is 0.393. The van der Waals surface area contributed by atoms with Crippen LogP contribution in [0.3, 0.4) is 0 Å². The molecule has 7 heteroatoms. The number of hydrazine groups is 1. The number of thiophene rings is 1. The average molecular weight is 310 g/mol. The molecular weight excluding hydrogens is 292 g/mol. The predicted molar refractivity (Wildman–Crippen MR) is 84.1 cm³/mol. The van der Waals surface area contributed by atoms with Crippen molar-refractivity contribution in [2.24, 2.45) is 11.8 Å². The fraction of sp³-hybridized carbons (Fsp3) is 0.538. The molecule has 0 bridgehead atoms. The van der Waals surface area contributed by atoms with E-state index in [1.807, 2.05) is 6.26 Å². The number of nitrogen functional groups attached to an aromatic ring is 1. The van der Waals surface area contributed by atoms with Gasteiger partial charge in [0, 0.05) is 11.3 Å². The monoisotopic (exact) mass is 310 g/mol. The molecule has 2 aromatic rings. The van der Waals surface area contributed by atoms with Gasteiger partial charge in [-0.15, -0.1) is 11.3 Å². The van der Waals surface area contributed by atoms with Crippen LogP contribution in [0.25, 0.3) is 10.2 Å². The van der Waals surface area contributed by atoms with Gasteiger partial charge in [-0.05, 0) is 17.7 Å². The van der Waals surface area contributed by atoms with Gasteiger partial charge in [-0.1, -0.05) is 25.6 Å². The van der Waals surface area contributed by atoms with Crippen LogP contribution < -0.4 is 11.3 Å². The lowest BCUT2D eigenvalue weighted by atomic mass is 9.96. The van der Waals surface area contributed by atoms with Gasteiger partial charge in [0.1, 0.15) is 4.83 Å². The highest BCUT2D eigenvalue weighted by molar-refractivity contribution is 7.98. The fourth-order valence-electron chi connectivity index (χ4n) is 2.48. The molecule has 20 heavy (non-hydrogen) atoms. The van der Waals surface area contributed by atoms with E-state index in [-0.39, 0.29) is 6.10 Å². The Kier molecular flexibility index (Phi) is 3.85. The summed E-state index contributed by atoms with van der Waals surface area (Å²) >= 11 is 3.21. The Morgan fingerprint density at radius 3 is 2.90 bits per heavy atom. The summed E-state index contributed by atoms with van der Waals surface area (Å²) in [5.74, 6) is 6.87. The lowest BCUT2D eigenvalue weighted by Gasteiger charge is -2.26. The van der Waals surface area contributed by atoms with Crippen molar-refractivity contribution in [1.82, 2.24) is 9.97 Å². The van der Waals surface area contributed by atoms with Crippen molar-refractivity contribution >= 4 is 39.1 Å². The van der Waals surface area contributed by atoms with E-state index in [1.54, 1.807) is 11.3 Å². The zero-order valence-electron chi connectivity index (χ0n) is 11.8. The second-order valence-corrected chi connectivity index (χ2v) is 7.04. The van der Waals surface area contributed by atoms with Crippen LogP contribution in [-0.4, -0.2) is 22.3 Å². The Morgan fingerprint density at radius 1 is 1.45 bits per heavy atom. The minimum Gasteiger partial charge on any atom is -0.372 e. The first-order valence-electron chi connectivity index (χ1n) is 6.58. The second kappa shape index (κ2) is 5.48. The zero-order chi connectivity index (χ0) is 14.3. The molecule has 0 radical (unpaired) electrons. The summed E-state index contributed by atoms with van der Waals surface area (Å²) in [4.78, 5) is 11.3. The van der Waals surface area contributed by atoms with Gasteiger partial charge in [-0.25, -0.2) is 15.8 Å². The van der Waals surface area contributed by atoms with Gasteiger partial charge in [0.15, 0.2) is 11.0 Å². The van der Waals surface area contributed by atoms with E-state index in [0.717, 1.165) is 27.6 Å². The number of hydrogen-bond acceptors (Lipinski definition) is 7. The molecule has 0 saturated heterocycles. The van der Waals surface area contributed by atoms with Crippen molar-refractivity contribution in [3.05, 3.63) is 10.4 Å². The van der Waals surface area contributed by atoms with Crippen LogP contribution in [-0.2, 0) is 17.8 Å². The van der Waals surface area contributed by atoms with Gasteiger partial charge in [-0.3, -0.25) is 0 Å². The topological polar surface area (TPSA) is 73.1 Å². The predicted octanol–water partition coefficient (Wildman–Crippen LogP) is 2.80. The van der Waals surface area contributed by atoms with Crippen LogP contribution in [0.15, 0.2) is 5.16 Å². The third kappa shape index (κ3) is 2.28. The maximum Gasteiger partial charge on any atom is 0.190 e. The number of nitrogens with one attached hydrogen (secondary N) is 1. The van der Waals surface area contributed by atoms with E-state index >= 15 is 0 Å². The van der Waals surface area contributed by atoms with Gasteiger partial charge in [0.05, 0.1) is 18.1 Å². The first-order valence-corrected chi connectivity index (χ1v) is 8.62. The smallest absolute Gasteiger partial charge is 0.190 e. The molecule has 3 rings (SSSR count). The Morgan fingerprint density at radius 2 is 2.25 bits per heavy atom. The Hall–Kier alpha value is -0.890. The molecule has 1 atom stereocenters.